The molecule has 0 saturated heterocycles. The zero-order valence-corrected chi connectivity index (χ0v) is 13.3. The Morgan fingerprint density at radius 1 is 1.24 bits per heavy atom. The van der Waals surface area contributed by atoms with E-state index in [2.05, 4.69) is 30.3 Å². The number of benzene rings is 1. The highest BCUT2D eigenvalue weighted by atomic mass is 35.5. The van der Waals surface area contributed by atoms with Crippen molar-refractivity contribution in [3.05, 3.63) is 41.7 Å². The van der Waals surface area contributed by atoms with Crippen molar-refractivity contribution in [3.63, 3.8) is 0 Å². The van der Waals surface area contributed by atoms with E-state index >= 15 is 0 Å². The first-order chi connectivity index (χ1) is 10.1. The van der Waals surface area contributed by atoms with Gasteiger partial charge < -0.3 is 5.32 Å². The summed E-state index contributed by atoms with van der Waals surface area (Å²) in [4.78, 5) is 0. The molecule has 1 fully saturated rings. The van der Waals surface area contributed by atoms with Crippen molar-refractivity contribution in [2.75, 3.05) is 5.32 Å². The Kier molecular flexibility index (Phi) is 4.20. The molecule has 1 aliphatic rings. The Hall–Kier alpha value is -1.48. The van der Waals surface area contributed by atoms with E-state index in [0.29, 0.717) is 12.0 Å². The van der Waals surface area contributed by atoms with E-state index in [9.17, 15) is 0 Å². The Labute approximate surface area is 131 Å². The molecule has 1 aliphatic carbocycles. The number of rotatable bonds is 3. The van der Waals surface area contributed by atoms with E-state index in [1.54, 1.807) is 6.20 Å². The van der Waals surface area contributed by atoms with Gasteiger partial charge in [0.25, 0.3) is 0 Å². The molecular weight excluding hydrogens is 282 g/mol. The molecule has 3 unspecified atom stereocenters. The highest BCUT2D eigenvalue weighted by Crippen LogP contribution is 2.34. The van der Waals surface area contributed by atoms with Gasteiger partial charge in [-0.2, -0.15) is 5.10 Å². The van der Waals surface area contributed by atoms with Gasteiger partial charge in [-0.25, -0.2) is 4.68 Å². The Morgan fingerprint density at radius 2 is 2.10 bits per heavy atom. The van der Waals surface area contributed by atoms with Crippen LogP contribution in [-0.2, 0) is 0 Å². The van der Waals surface area contributed by atoms with Gasteiger partial charge in [0.2, 0.25) is 0 Å². The van der Waals surface area contributed by atoms with Gasteiger partial charge >= 0.3 is 0 Å². The van der Waals surface area contributed by atoms with Crippen molar-refractivity contribution in [3.8, 4) is 5.69 Å². The van der Waals surface area contributed by atoms with Gasteiger partial charge in [0.1, 0.15) is 5.69 Å². The molecule has 0 aliphatic heterocycles. The number of anilines is 1. The zero-order chi connectivity index (χ0) is 14.8. The van der Waals surface area contributed by atoms with Crippen LogP contribution in [0, 0.1) is 11.8 Å². The third-order valence-corrected chi connectivity index (χ3v) is 4.82. The second-order valence-corrected chi connectivity index (χ2v) is 6.64. The molecule has 0 radical (unpaired) electrons. The minimum Gasteiger partial charge on any atom is -0.380 e. The van der Waals surface area contributed by atoms with Gasteiger partial charge in [-0.05, 0) is 42.9 Å². The van der Waals surface area contributed by atoms with Gasteiger partial charge in [-0.3, -0.25) is 0 Å². The van der Waals surface area contributed by atoms with Crippen LogP contribution in [0.1, 0.15) is 33.1 Å². The summed E-state index contributed by atoms with van der Waals surface area (Å²) in [5, 5.41) is 8.76. The summed E-state index contributed by atoms with van der Waals surface area (Å²) >= 11 is 6.40. The maximum absolute atomic E-state index is 6.40. The van der Waals surface area contributed by atoms with Gasteiger partial charge in [0, 0.05) is 18.4 Å². The summed E-state index contributed by atoms with van der Waals surface area (Å²) in [6, 6.07) is 8.42. The monoisotopic (exact) mass is 303 g/mol. The lowest BCUT2D eigenvalue weighted by atomic mass is 9.80. The van der Waals surface area contributed by atoms with Gasteiger partial charge in [0.15, 0.2) is 0 Å². The first-order valence-corrected chi connectivity index (χ1v) is 8.08. The van der Waals surface area contributed by atoms with Crippen LogP contribution in [0.15, 0.2) is 36.7 Å². The summed E-state index contributed by atoms with van der Waals surface area (Å²) < 4.78 is 1.83. The maximum Gasteiger partial charge on any atom is 0.106 e. The van der Waals surface area contributed by atoms with Crippen molar-refractivity contribution in [2.24, 2.45) is 11.8 Å². The van der Waals surface area contributed by atoms with Crippen molar-refractivity contribution < 1.29 is 0 Å². The molecule has 0 spiro atoms. The van der Waals surface area contributed by atoms with Crippen molar-refractivity contribution in [1.29, 1.82) is 0 Å². The lowest BCUT2D eigenvalue weighted by molar-refractivity contribution is 0.280. The molecule has 1 aromatic carbocycles. The summed E-state index contributed by atoms with van der Waals surface area (Å²) in [5.41, 5.74) is 2.01. The molecule has 3 nitrogen and oxygen atoms in total. The fourth-order valence-corrected chi connectivity index (χ4v) is 3.46. The number of nitrogens with zero attached hydrogens (tertiary/aromatic N) is 2. The first-order valence-electron chi connectivity index (χ1n) is 7.70. The molecule has 2 aromatic rings. The maximum atomic E-state index is 6.40. The molecular formula is C17H22ClN3. The quantitative estimate of drug-likeness (QED) is 0.885. The average Bonchev–Trinajstić information content (AvgIpc) is 2.97. The van der Waals surface area contributed by atoms with Crippen LogP contribution >= 0.6 is 11.6 Å². The van der Waals surface area contributed by atoms with Crippen LogP contribution in [0.2, 0.25) is 5.02 Å². The smallest absolute Gasteiger partial charge is 0.106 e. The lowest BCUT2D eigenvalue weighted by Crippen LogP contribution is -2.33. The molecule has 21 heavy (non-hydrogen) atoms. The van der Waals surface area contributed by atoms with E-state index in [-0.39, 0.29) is 0 Å². The highest BCUT2D eigenvalue weighted by Gasteiger charge is 2.26. The third kappa shape index (κ3) is 3.08. The Balaban J connectivity index is 1.90. The fourth-order valence-electron chi connectivity index (χ4n) is 3.20. The Bertz CT molecular complexity index is 594. The van der Waals surface area contributed by atoms with Crippen LogP contribution in [0.25, 0.3) is 5.69 Å². The van der Waals surface area contributed by atoms with E-state index in [0.717, 1.165) is 22.3 Å². The number of para-hydroxylation sites is 1. The van der Waals surface area contributed by atoms with Crippen molar-refractivity contribution in [1.82, 2.24) is 9.78 Å². The molecule has 3 rings (SSSR count). The second-order valence-electron chi connectivity index (χ2n) is 6.23. The number of hydrogen-bond donors (Lipinski definition) is 1. The van der Waals surface area contributed by atoms with E-state index in [4.69, 9.17) is 11.6 Å². The number of nitrogens with one attached hydrogen (secondary N) is 1. The molecule has 0 bridgehead atoms. The predicted molar refractivity (Wildman–Crippen MR) is 88.2 cm³/mol. The third-order valence-electron chi connectivity index (χ3n) is 4.52. The minimum absolute atomic E-state index is 0.501. The van der Waals surface area contributed by atoms with Crippen LogP contribution in [0.4, 0.5) is 5.69 Å². The summed E-state index contributed by atoms with van der Waals surface area (Å²) in [7, 11) is 0. The van der Waals surface area contributed by atoms with Crippen LogP contribution in [0.5, 0.6) is 0 Å². The lowest BCUT2D eigenvalue weighted by Gasteiger charge is -2.34. The SMILES string of the molecule is CC1CCC(C)C(Nc2cccc(Cl)c2-n2cccn2)C1. The number of halogens is 1. The summed E-state index contributed by atoms with van der Waals surface area (Å²) in [6.45, 7) is 4.68. The number of hydrogen-bond acceptors (Lipinski definition) is 2. The van der Waals surface area contributed by atoms with E-state index < -0.39 is 0 Å². The van der Waals surface area contributed by atoms with Crippen molar-refractivity contribution >= 4 is 17.3 Å². The van der Waals surface area contributed by atoms with Gasteiger partial charge in [-0.1, -0.05) is 37.9 Å². The summed E-state index contributed by atoms with van der Waals surface area (Å²) in [5.74, 6) is 1.47. The molecule has 1 heterocycles. The van der Waals surface area contributed by atoms with Crippen LogP contribution in [-0.4, -0.2) is 15.8 Å². The predicted octanol–water partition coefficient (Wildman–Crippen LogP) is 4.76. The normalized spacial score (nSPS) is 25.8. The van der Waals surface area contributed by atoms with E-state index in [1.807, 2.05) is 29.1 Å². The van der Waals surface area contributed by atoms with Gasteiger partial charge in [-0.15, -0.1) is 0 Å². The van der Waals surface area contributed by atoms with Crippen molar-refractivity contribution in [2.45, 2.75) is 39.2 Å². The zero-order valence-electron chi connectivity index (χ0n) is 12.6. The standard InChI is InChI=1S/C17H22ClN3/c1-12-7-8-13(2)16(11-12)20-15-6-3-5-14(18)17(15)21-10-4-9-19-21/h3-6,9-10,12-13,16,20H,7-8,11H2,1-2H3. The number of aromatic nitrogens is 2. The van der Waals surface area contributed by atoms with E-state index in [1.165, 1.54) is 19.3 Å². The first kappa shape index (κ1) is 14.5. The largest absolute Gasteiger partial charge is 0.380 e. The molecule has 3 atom stereocenters. The highest BCUT2D eigenvalue weighted by molar-refractivity contribution is 6.33. The van der Waals surface area contributed by atoms with Gasteiger partial charge in [0.05, 0.1) is 10.7 Å². The molecule has 4 heteroatoms. The minimum atomic E-state index is 0.501. The molecule has 0 amide bonds. The second kappa shape index (κ2) is 6.10. The fraction of sp³-hybridized carbons (Fsp3) is 0.471. The molecule has 1 N–H and O–H groups in total. The van der Waals surface area contributed by atoms with Crippen LogP contribution < -0.4 is 5.32 Å². The molecule has 112 valence electrons. The Morgan fingerprint density at radius 3 is 2.86 bits per heavy atom. The summed E-state index contributed by atoms with van der Waals surface area (Å²) in [6.07, 6.45) is 7.54. The topological polar surface area (TPSA) is 29.9 Å². The van der Waals surface area contributed by atoms with Crippen LogP contribution in [0.3, 0.4) is 0 Å². The molecule has 1 saturated carbocycles. The average molecular weight is 304 g/mol. The molecule has 1 aromatic heterocycles.